The van der Waals surface area contributed by atoms with Crippen molar-refractivity contribution >= 4 is 5.57 Å². The molecule has 112 valence electrons. The van der Waals surface area contributed by atoms with Gasteiger partial charge in [-0.15, -0.1) is 0 Å². The summed E-state index contributed by atoms with van der Waals surface area (Å²) in [4.78, 5) is 7.39. The van der Waals surface area contributed by atoms with E-state index < -0.39 is 0 Å². The summed E-state index contributed by atoms with van der Waals surface area (Å²) in [6.07, 6.45) is 6.20. The summed E-state index contributed by atoms with van der Waals surface area (Å²) in [5.74, 6) is 0. The molecule has 22 heavy (non-hydrogen) atoms. The van der Waals surface area contributed by atoms with Crippen LogP contribution in [0.3, 0.4) is 0 Å². The fourth-order valence-electron chi connectivity index (χ4n) is 3.87. The number of fused-ring (bicyclic) bond motifs is 2. The summed E-state index contributed by atoms with van der Waals surface area (Å²) >= 11 is 0. The first-order valence-corrected chi connectivity index (χ1v) is 8.24. The van der Waals surface area contributed by atoms with Crippen LogP contribution < -0.4 is 0 Å². The summed E-state index contributed by atoms with van der Waals surface area (Å²) in [6.45, 7) is 3.14. The standard InChI is InChI=1S/C20H22N2/c1-15-6-5-9-20(21-15)17-12-18-10-11-19(13-17)22(18)14-16-7-3-2-4-8-16/h2-9,12,18-19H,10-11,13-14H2,1H3. The van der Waals surface area contributed by atoms with Gasteiger partial charge in [-0.05, 0) is 49.5 Å². The van der Waals surface area contributed by atoms with Crippen molar-refractivity contribution in [1.29, 1.82) is 0 Å². The second-order valence-corrected chi connectivity index (χ2v) is 6.52. The second-order valence-electron chi connectivity index (χ2n) is 6.52. The van der Waals surface area contributed by atoms with Crippen LogP contribution in [0.4, 0.5) is 0 Å². The van der Waals surface area contributed by atoms with Crippen molar-refractivity contribution in [3.63, 3.8) is 0 Å². The van der Waals surface area contributed by atoms with Gasteiger partial charge in [0.15, 0.2) is 0 Å². The number of hydrogen-bond donors (Lipinski definition) is 0. The Morgan fingerprint density at radius 1 is 1.05 bits per heavy atom. The molecule has 0 aliphatic carbocycles. The zero-order chi connectivity index (χ0) is 14.9. The Bertz CT molecular complexity index is 690. The summed E-state index contributed by atoms with van der Waals surface area (Å²) in [5.41, 5.74) is 5.15. The Labute approximate surface area is 132 Å². The molecule has 2 unspecified atom stereocenters. The highest BCUT2D eigenvalue weighted by molar-refractivity contribution is 5.65. The Morgan fingerprint density at radius 3 is 2.68 bits per heavy atom. The lowest BCUT2D eigenvalue weighted by Crippen LogP contribution is -2.37. The average Bonchev–Trinajstić information content (AvgIpc) is 2.78. The van der Waals surface area contributed by atoms with Crippen molar-refractivity contribution in [3.8, 4) is 0 Å². The third-order valence-electron chi connectivity index (χ3n) is 4.97. The van der Waals surface area contributed by atoms with Gasteiger partial charge in [0.1, 0.15) is 0 Å². The molecule has 2 aliphatic rings. The number of benzene rings is 1. The van der Waals surface area contributed by atoms with E-state index >= 15 is 0 Å². The van der Waals surface area contributed by atoms with Gasteiger partial charge in [-0.1, -0.05) is 42.5 Å². The van der Waals surface area contributed by atoms with Gasteiger partial charge in [0, 0.05) is 24.3 Å². The van der Waals surface area contributed by atoms with E-state index in [4.69, 9.17) is 4.98 Å². The van der Waals surface area contributed by atoms with Gasteiger partial charge in [-0.2, -0.15) is 0 Å². The molecule has 1 aromatic heterocycles. The Morgan fingerprint density at radius 2 is 1.91 bits per heavy atom. The number of aryl methyl sites for hydroxylation is 1. The normalized spacial score (nSPS) is 24.3. The number of rotatable bonds is 3. The molecule has 0 N–H and O–H groups in total. The monoisotopic (exact) mass is 290 g/mol. The van der Waals surface area contributed by atoms with Crippen molar-refractivity contribution in [3.05, 3.63) is 71.6 Å². The van der Waals surface area contributed by atoms with Gasteiger partial charge in [-0.25, -0.2) is 0 Å². The maximum absolute atomic E-state index is 4.72. The highest BCUT2D eigenvalue weighted by Crippen LogP contribution is 2.38. The molecule has 0 spiro atoms. The van der Waals surface area contributed by atoms with E-state index in [2.05, 4.69) is 66.4 Å². The Balaban J connectivity index is 1.57. The molecular formula is C20H22N2. The first-order valence-electron chi connectivity index (χ1n) is 8.24. The zero-order valence-electron chi connectivity index (χ0n) is 13.1. The van der Waals surface area contributed by atoms with Crippen molar-refractivity contribution in [1.82, 2.24) is 9.88 Å². The molecule has 2 aliphatic heterocycles. The fourth-order valence-corrected chi connectivity index (χ4v) is 3.87. The lowest BCUT2D eigenvalue weighted by molar-refractivity contribution is 0.203. The van der Waals surface area contributed by atoms with Crippen LogP contribution in [0.15, 0.2) is 54.6 Å². The molecule has 3 heterocycles. The molecule has 2 atom stereocenters. The van der Waals surface area contributed by atoms with E-state index in [0.29, 0.717) is 12.1 Å². The molecule has 0 amide bonds. The van der Waals surface area contributed by atoms with E-state index in [1.807, 2.05) is 0 Å². The third kappa shape index (κ3) is 2.59. The maximum atomic E-state index is 4.72. The zero-order valence-corrected chi connectivity index (χ0v) is 13.1. The molecule has 1 saturated heterocycles. The van der Waals surface area contributed by atoms with Crippen LogP contribution in [0.2, 0.25) is 0 Å². The molecule has 4 rings (SSSR count). The van der Waals surface area contributed by atoms with Gasteiger partial charge in [-0.3, -0.25) is 9.88 Å². The van der Waals surface area contributed by atoms with E-state index in [0.717, 1.165) is 18.7 Å². The van der Waals surface area contributed by atoms with Crippen LogP contribution in [-0.2, 0) is 6.54 Å². The van der Waals surface area contributed by atoms with Crippen LogP contribution >= 0.6 is 0 Å². The molecule has 2 heteroatoms. The highest BCUT2D eigenvalue weighted by atomic mass is 15.2. The molecule has 0 saturated carbocycles. The fraction of sp³-hybridized carbons (Fsp3) is 0.350. The van der Waals surface area contributed by atoms with E-state index in [1.165, 1.54) is 29.7 Å². The van der Waals surface area contributed by atoms with Crippen molar-refractivity contribution in [2.24, 2.45) is 0 Å². The Kier molecular flexibility index (Phi) is 3.55. The number of hydrogen-bond acceptors (Lipinski definition) is 2. The minimum Gasteiger partial charge on any atom is -0.289 e. The van der Waals surface area contributed by atoms with Crippen molar-refractivity contribution < 1.29 is 0 Å². The van der Waals surface area contributed by atoms with Gasteiger partial charge >= 0.3 is 0 Å². The molecular weight excluding hydrogens is 268 g/mol. The first-order chi connectivity index (χ1) is 10.8. The Hall–Kier alpha value is -1.93. The van der Waals surface area contributed by atoms with Crippen molar-refractivity contribution in [2.45, 2.75) is 44.8 Å². The predicted molar refractivity (Wildman–Crippen MR) is 90.4 cm³/mol. The van der Waals surface area contributed by atoms with Gasteiger partial charge in [0.2, 0.25) is 0 Å². The number of nitrogens with zero attached hydrogens (tertiary/aromatic N) is 2. The quantitative estimate of drug-likeness (QED) is 0.842. The third-order valence-corrected chi connectivity index (χ3v) is 4.97. The summed E-state index contributed by atoms with van der Waals surface area (Å²) in [5, 5.41) is 0. The van der Waals surface area contributed by atoms with Crippen LogP contribution in [0, 0.1) is 6.92 Å². The van der Waals surface area contributed by atoms with Gasteiger partial charge in [0.25, 0.3) is 0 Å². The van der Waals surface area contributed by atoms with Crippen LogP contribution in [0.5, 0.6) is 0 Å². The molecule has 1 fully saturated rings. The maximum Gasteiger partial charge on any atom is 0.0662 e. The van der Waals surface area contributed by atoms with Gasteiger partial charge in [0.05, 0.1) is 5.69 Å². The number of aromatic nitrogens is 1. The minimum atomic E-state index is 0.580. The predicted octanol–water partition coefficient (Wildman–Crippen LogP) is 4.21. The smallest absolute Gasteiger partial charge is 0.0662 e. The molecule has 1 aromatic carbocycles. The van der Waals surface area contributed by atoms with Crippen LogP contribution in [0.1, 0.15) is 36.2 Å². The summed E-state index contributed by atoms with van der Waals surface area (Å²) < 4.78 is 0. The average molecular weight is 290 g/mol. The lowest BCUT2D eigenvalue weighted by atomic mass is 9.97. The van der Waals surface area contributed by atoms with Crippen molar-refractivity contribution in [2.75, 3.05) is 0 Å². The molecule has 2 aromatic rings. The van der Waals surface area contributed by atoms with Crippen LogP contribution in [0.25, 0.3) is 5.57 Å². The van der Waals surface area contributed by atoms with Crippen LogP contribution in [-0.4, -0.2) is 22.0 Å². The number of pyridine rings is 1. The summed E-state index contributed by atoms with van der Waals surface area (Å²) in [7, 11) is 0. The largest absolute Gasteiger partial charge is 0.289 e. The molecule has 0 radical (unpaired) electrons. The SMILES string of the molecule is Cc1cccc(C2=CC3CCC(C2)N3Cc2ccccc2)n1. The second kappa shape index (κ2) is 5.69. The topological polar surface area (TPSA) is 16.1 Å². The van der Waals surface area contributed by atoms with Gasteiger partial charge < -0.3 is 0 Å². The first kappa shape index (κ1) is 13.7. The van der Waals surface area contributed by atoms with E-state index in [-0.39, 0.29) is 0 Å². The molecule has 2 bridgehead atoms. The summed E-state index contributed by atoms with van der Waals surface area (Å²) in [6, 6.07) is 18.4. The van der Waals surface area contributed by atoms with E-state index in [9.17, 15) is 0 Å². The molecule has 2 nitrogen and oxygen atoms in total. The highest BCUT2D eigenvalue weighted by Gasteiger charge is 2.36. The van der Waals surface area contributed by atoms with E-state index in [1.54, 1.807) is 0 Å². The lowest BCUT2D eigenvalue weighted by Gasteiger charge is -2.34. The minimum absolute atomic E-state index is 0.580.